The summed E-state index contributed by atoms with van der Waals surface area (Å²) in [5, 5.41) is 9.85. The van der Waals surface area contributed by atoms with E-state index in [4.69, 9.17) is 9.47 Å². The van der Waals surface area contributed by atoms with Gasteiger partial charge in [-0.15, -0.1) is 0 Å². The maximum atomic E-state index is 17.8. The van der Waals surface area contributed by atoms with Crippen molar-refractivity contribution in [2.45, 2.75) is 90.0 Å². The number of aliphatic hydroxyl groups excluding tert-OH is 1. The van der Waals surface area contributed by atoms with Crippen LogP contribution >= 0.6 is 0 Å². The van der Waals surface area contributed by atoms with Crippen LogP contribution in [0.2, 0.25) is 0 Å². The van der Waals surface area contributed by atoms with Gasteiger partial charge in [-0.1, -0.05) is 32.4 Å². The van der Waals surface area contributed by atoms with Crippen molar-refractivity contribution in [2.24, 2.45) is 22.7 Å². The van der Waals surface area contributed by atoms with Gasteiger partial charge in [-0.25, -0.2) is 4.39 Å². The molecule has 7 atom stereocenters. The molecule has 4 aliphatic carbocycles. The number of hydrogen-bond donors (Lipinski definition) is 1. The van der Waals surface area contributed by atoms with Crippen LogP contribution in [0.3, 0.4) is 0 Å². The Hall–Kier alpha value is -2.35. The van der Waals surface area contributed by atoms with E-state index < -0.39 is 58.5 Å². The second-order valence-electron chi connectivity index (χ2n) is 10.9. The summed E-state index contributed by atoms with van der Waals surface area (Å²) < 4.78 is 29.4. The number of rotatable bonds is 6. The van der Waals surface area contributed by atoms with Crippen molar-refractivity contribution in [3.8, 4) is 0 Å². The second-order valence-corrected chi connectivity index (χ2v) is 10.9. The Morgan fingerprint density at radius 2 is 1.80 bits per heavy atom. The van der Waals surface area contributed by atoms with Crippen molar-refractivity contribution in [3.63, 3.8) is 0 Å². The van der Waals surface area contributed by atoms with Crippen LogP contribution in [-0.2, 0) is 28.7 Å². The molecule has 8 heteroatoms. The lowest BCUT2D eigenvalue weighted by Gasteiger charge is -2.63. The largest absolute Gasteiger partial charge is 0.459 e. The summed E-state index contributed by atoms with van der Waals surface area (Å²) in [5.74, 6) is -2.89. The average molecular weight is 491 g/mol. The number of halogens is 1. The number of Topliss-reactive ketones (excluding diaryl/α,β-unsaturated/α-hetero) is 1. The highest BCUT2D eigenvalue weighted by Crippen LogP contribution is 2.70. The van der Waals surface area contributed by atoms with Gasteiger partial charge in [0.2, 0.25) is 5.78 Å². The molecule has 0 amide bonds. The number of allylic oxidation sites excluding steroid dienone is 4. The fraction of sp³-hybridized carbons (Fsp3) is 0.704. The molecule has 0 saturated heterocycles. The van der Waals surface area contributed by atoms with Gasteiger partial charge in [-0.3, -0.25) is 19.2 Å². The highest BCUT2D eigenvalue weighted by molar-refractivity contribution is 6.01. The van der Waals surface area contributed by atoms with Crippen LogP contribution in [0.4, 0.5) is 4.39 Å². The van der Waals surface area contributed by atoms with E-state index in [-0.39, 0.29) is 37.4 Å². The van der Waals surface area contributed by atoms with Gasteiger partial charge in [0, 0.05) is 29.6 Å². The summed E-state index contributed by atoms with van der Waals surface area (Å²) in [7, 11) is 0. The number of esters is 2. The van der Waals surface area contributed by atoms with Crippen LogP contribution in [0.1, 0.15) is 72.6 Å². The number of ether oxygens (including phenoxy) is 2. The average Bonchev–Trinajstić information content (AvgIpc) is 3.12. The Morgan fingerprint density at radius 1 is 1.11 bits per heavy atom. The van der Waals surface area contributed by atoms with Crippen molar-refractivity contribution < 1.29 is 38.1 Å². The third kappa shape index (κ3) is 3.39. The van der Waals surface area contributed by atoms with Crippen LogP contribution in [0.25, 0.3) is 0 Å². The van der Waals surface area contributed by atoms with Gasteiger partial charge >= 0.3 is 11.9 Å². The Kier molecular flexibility index (Phi) is 6.36. The molecule has 4 rings (SSSR count). The second kappa shape index (κ2) is 8.64. The summed E-state index contributed by atoms with van der Waals surface area (Å²) in [6.07, 6.45) is 4.82. The normalized spacial score (nSPS) is 41.8. The van der Waals surface area contributed by atoms with Crippen LogP contribution in [0.5, 0.6) is 0 Å². The number of carbonyl (C=O) groups is 4. The Morgan fingerprint density at radius 3 is 2.43 bits per heavy atom. The Balaban J connectivity index is 1.88. The molecule has 0 aromatic carbocycles. The first-order valence-corrected chi connectivity index (χ1v) is 12.6. The fourth-order valence-corrected chi connectivity index (χ4v) is 7.61. The monoisotopic (exact) mass is 490 g/mol. The quantitative estimate of drug-likeness (QED) is 0.567. The molecule has 3 fully saturated rings. The van der Waals surface area contributed by atoms with E-state index in [1.54, 1.807) is 33.8 Å². The van der Waals surface area contributed by atoms with E-state index in [1.807, 2.05) is 0 Å². The predicted molar refractivity (Wildman–Crippen MR) is 124 cm³/mol. The standard InChI is InChI=1S/C27H35FO7/c1-5-22(32)34-21-14-25(4)18(10-12-26(25,20(31)15-29)35-23(33)6-2)19-8-7-16-13-17(30)9-11-24(16,3)27(19,21)28/h9,11,13,18-19,21,29H,5-8,10,12,14-15H2,1-4H3/t18-,19-,21-,24-,25-,26-,27-/m0/s1. The first-order valence-electron chi connectivity index (χ1n) is 12.6. The van der Waals surface area contributed by atoms with Crippen molar-refractivity contribution in [1.29, 1.82) is 0 Å². The van der Waals surface area contributed by atoms with E-state index in [0.29, 0.717) is 24.8 Å². The van der Waals surface area contributed by atoms with E-state index in [2.05, 4.69) is 0 Å². The smallest absolute Gasteiger partial charge is 0.306 e. The van der Waals surface area contributed by atoms with Gasteiger partial charge < -0.3 is 14.6 Å². The zero-order valence-electron chi connectivity index (χ0n) is 20.9. The number of alkyl halides is 1. The molecule has 0 aromatic rings. The van der Waals surface area contributed by atoms with Gasteiger partial charge in [0.05, 0.1) is 0 Å². The third-order valence-corrected chi connectivity index (χ3v) is 9.47. The zero-order chi connectivity index (χ0) is 25.8. The van der Waals surface area contributed by atoms with E-state index in [0.717, 1.165) is 0 Å². The summed E-state index contributed by atoms with van der Waals surface area (Å²) >= 11 is 0. The first kappa shape index (κ1) is 25.7. The van der Waals surface area contributed by atoms with Crippen LogP contribution in [-0.4, -0.2) is 52.6 Å². The van der Waals surface area contributed by atoms with E-state index in [1.165, 1.54) is 12.2 Å². The van der Waals surface area contributed by atoms with Gasteiger partial charge in [0.25, 0.3) is 0 Å². The molecule has 0 unspecified atom stereocenters. The van der Waals surface area contributed by atoms with Crippen LogP contribution in [0.15, 0.2) is 23.8 Å². The summed E-state index contributed by atoms with van der Waals surface area (Å²) in [6, 6.07) is 0. The highest BCUT2D eigenvalue weighted by Gasteiger charge is 2.76. The first-order chi connectivity index (χ1) is 16.4. The molecule has 1 N–H and O–H groups in total. The molecule has 0 radical (unpaired) electrons. The highest BCUT2D eigenvalue weighted by atomic mass is 19.1. The number of carbonyl (C=O) groups excluding carboxylic acids is 4. The molecule has 0 aliphatic heterocycles. The van der Waals surface area contributed by atoms with Gasteiger partial charge in [-0.2, -0.15) is 0 Å². The maximum absolute atomic E-state index is 17.8. The Bertz CT molecular complexity index is 1020. The number of hydrogen-bond acceptors (Lipinski definition) is 7. The van der Waals surface area contributed by atoms with Crippen molar-refractivity contribution in [1.82, 2.24) is 0 Å². The van der Waals surface area contributed by atoms with E-state index in [9.17, 15) is 24.3 Å². The topological polar surface area (TPSA) is 107 Å². The van der Waals surface area contributed by atoms with Gasteiger partial charge in [0.15, 0.2) is 17.1 Å². The van der Waals surface area contributed by atoms with Crippen LogP contribution in [0, 0.1) is 22.7 Å². The molecular formula is C27H35FO7. The summed E-state index contributed by atoms with van der Waals surface area (Å²) in [5.41, 5.74) is -5.15. The summed E-state index contributed by atoms with van der Waals surface area (Å²) in [6.45, 7) is 6.01. The number of aliphatic hydroxyl groups is 1. The van der Waals surface area contributed by atoms with Gasteiger partial charge in [-0.05, 0) is 57.1 Å². The molecule has 35 heavy (non-hydrogen) atoms. The van der Waals surface area contributed by atoms with Crippen molar-refractivity contribution in [2.75, 3.05) is 6.61 Å². The van der Waals surface area contributed by atoms with Crippen molar-refractivity contribution >= 4 is 23.5 Å². The minimum absolute atomic E-state index is 0.0379. The minimum atomic E-state index is -2.02. The molecular weight excluding hydrogens is 455 g/mol. The van der Waals surface area contributed by atoms with E-state index >= 15 is 4.39 Å². The Labute approximate surface area is 205 Å². The predicted octanol–water partition coefficient (Wildman–Crippen LogP) is 3.57. The molecule has 0 spiro atoms. The molecule has 192 valence electrons. The summed E-state index contributed by atoms with van der Waals surface area (Å²) in [4.78, 5) is 50.3. The van der Waals surface area contributed by atoms with Gasteiger partial charge in [0.1, 0.15) is 12.7 Å². The number of ketones is 2. The lowest BCUT2D eigenvalue weighted by atomic mass is 9.44. The maximum Gasteiger partial charge on any atom is 0.306 e. The van der Waals surface area contributed by atoms with Crippen LogP contribution < -0.4 is 0 Å². The molecule has 7 nitrogen and oxygen atoms in total. The molecule has 0 heterocycles. The zero-order valence-corrected chi connectivity index (χ0v) is 20.9. The minimum Gasteiger partial charge on any atom is -0.459 e. The third-order valence-electron chi connectivity index (χ3n) is 9.47. The fourth-order valence-electron chi connectivity index (χ4n) is 7.61. The lowest BCUT2D eigenvalue weighted by molar-refractivity contribution is -0.234. The SMILES string of the molecule is CCC(=O)O[C@H]1C[C@@]2(C)[C@@H](CC[C@]2(OC(=O)CC)C(=O)CO)[C@@H]2CCC3=CC(=O)C=C[C@]3(C)[C@@]12F. The molecule has 4 aliphatic rings. The van der Waals surface area contributed by atoms with Crippen molar-refractivity contribution in [3.05, 3.63) is 23.8 Å². The number of fused-ring (bicyclic) bond motifs is 5. The lowest BCUT2D eigenvalue weighted by Crippen LogP contribution is -2.70. The molecule has 0 bridgehead atoms. The molecule has 0 aromatic heterocycles. The molecule has 3 saturated carbocycles.